The van der Waals surface area contributed by atoms with E-state index in [0.29, 0.717) is 11.5 Å². The molecule has 76 valence electrons. The summed E-state index contributed by atoms with van der Waals surface area (Å²) in [6.45, 7) is 5.61. The Kier molecular flexibility index (Phi) is 2.55. The van der Waals surface area contributed by atoms with E-state index in [0.717, 1.165) is 6.54 Å². The molecule has 1 atom stereocenters. The normalized spacial score (nSPS) is 24.3. The van der Waals surface area contributed by atoms with Crippen molar-refractivity contribution >= 4 is 0 Å². The smallest absolute Gasteiger partial charge is 0.0312 e. The van der Waals surface area contributed by atoms with Gasteiger partial charge < -0.3 is 5.32 Å². The lowest BCUT2D eigenvalue weighted by Crippen LogP contribution is -2.49. The molecule has 0 aliphatic heterocycles. The zero-order valence-electron chi connectivity index (χ0n) is 8.96. The molecule has 2 nitrogen and oxygen atoms in total. The van der Waals surface area contributed by atoms with Crippen LogP contribution in [0.3, 0.4) is 0 Å². The fourth-order valence-corrected chi connectivity index (χ4v) is 1.99. The number of rotatable bonds is 3. The molecule has 1 fully saturated rings. The lowest BCUT2D eigenvalue weighted by Gasteiger charge is -2.45. The molecule has 2 heteroatoms. The predicted octanol–water partition coefficient (Wildman–Crippen LogP) is 2.36. The summed E-state index contributed by atoms with van der Waals surface area (Å²) in [7, 11) is 0. The molecular formula is C12H18N2. The topological polar surface area (TPSA) is 24.9 Å². The fourth-order valence-electron chi connectivity index (χ4n) is 1.99. The van der Waals surface area contributed by atoms with E-state index in [4.69, 9.17) is 0 Å². The zero-order valence-corrected chi connectivity index (χ0v) is 8.96. The highest BCUT2D eigenvalue weighted by Crippen LogP contribution is 2.39. The van der Waals surface area contributed by atoms with E-state index in [2.05, 4.69) is 30.2 Å². The minimum absolute atomic E-state index is 0.488. The molecule has 14 heavy (non-hydrogen) atoms. The van der Waals surface area contributed by atoms with Gasteiger partial charge in [0.15, 0.2) is 0 Å². The van der Waals surface area contributed by atoms with Crippen LogP contribution in [0, 0.1) is 5.41 Å². The highest BCUT2D eigenvalue weighted by molar-refractivity contribution is 5.08. The molecule has 0 spiro atoms. The average Bonchev–Trinajstić information content (AvgIpc) is 2.18. The van der Waals surface area contributed by atoms with E-state index in [-0.39, 0.29) is 0 Å². The van der Waals surface area contributed by atoms with Crippen molar-refractivity contribution in [3.8, 4) is 0 Å². The molecule has 0 bridgehead atoms. The van der Waals surface area contributed by atoms with Gasteiger partial charge in [-0.15, -0.1) is 0 Å². The molecule has 1 aliphatic rings. The van der Waals surface area contributed by atoms with Crippen molar-refractivity contribution in [1.29, 1.82) is 0 Å². The van der Waals surface area contributed by atoms with Crippen LogP contribution in [0.4, 0.5) is 0 Å². The fraction of sp³-hybridized carbons (Fsp3) is 0.583. The van der Waals surface area contributed by atoms with Gasteiger partial charge in [-0.3, -0.25) is 4.98 Å². The number of nitrogens with zero attached hydrogens (tertiary/aromatic N) is 1. The molecule has 1 aliphatic carbocycles. The lowest BCUT2D eigenvalue weighted by atomic mass is 9.67. The first-order valence-electron chi connectivity index (χ1n) is 5.31. The van der Waals surface area contributed by atoms with Crippen molar-refractivity contribution in [3.63, 3.8) is 0 Å². The molecule has 1 saturated carbocycles. The molecule has 0 saturated heterocycles. The van der Waals surface area contributed by atoms with Crippen molar-refractivity contribution in [3.05, 3.63) is 30.1 Å². The lowest BCUT2D eigenvalue weighted by molar-refractivity contribution is 0.108. The van der Waals surface area contributed by atoms with E-state index >= 15 is 0 Å². The van der Waals surface area contributed by atoms with Crippen LogP contribution < -0.4 is 5.32 Å². The van der Waals surface area contributed by atoms with Crippen molar-refractivity contribution in [2.75, 3.05) is 0 Å². The quantitative estimate of drug-likeness (QED) is 0.791. The molecule has 1 unspecified atom stereocenters. The third-order valence-electron chi connectivity index (χ3n) is 3.30. The van der Waals surface area contributed by atoms with Crippen LogP contribution in [-0.4, -0.2) is 11.0 Å². The summed E-state index contributed by atoms with van der Waals surface area (Å²) in [6, 6.07) is 4.79. The third-order valence-corrected chi connectivity index (χ3v) is 3.30. The standard InChI is InChI=1S/C12H18N2/c1-12(2)6-5-11(12)14-9-10-4-3-7-13-8-10/h3-4,7-8,11,14H,5-6,9H2,1-2H3. The summed E-state index contributed by atoms with van der Waals surface area (Å²) >= 11 is 0. The summed E-state index contributed by atoms with van der Waals surface area (Å²) < 4.78 is 0. The van der Waals surface area contributed by atoms with E-state index < -0.39 is 0 Å². The largest absolute Gasteiger partial charge is 0.309 e. The number of hydrogen-bond donors (Lipinski definition) is 1. The number of nitrogens with one attached hydrogen (secondary N) is 1. The van der Waals surface area contributed by atoms with Crippen molar-refractivity contribution < 1.29 is 0 Å². The van der Waals surface area contributed by atoms with Crippen molar-refractivity contribution in [2.24, 2.45) is 5.41 Å². The molecule has 0 radical (unpaired) electrons. The van der Waals surface area contributed by atoms with Gasteiger partial charge in [0.2, 0.25) is 0 Å². The van der Waals surface area contributed by atoms with Crippen LogP contribution in [0.2, 0.25) is 0 Å². The Bertz CT molecular complexity index is 292. The highest BCUT2D eigenvalue weighted by Gasteiger charge is 2.37. The van der Waals surface area contributed by atoms with E-state index in [9.17, 15) is 0 Å². The molecule has 0 aromatic carbocycles. The van der Waals surface area contributed by atoms with Crippen LogP contribution in [0.15, 0.2) is 24.5 Å². The van der Waals surface area contributed by atoms with E-state index in [1.807, 2.05) is 18.5 Å². The van der Waals surface area contributed by atoms with E-state index in [1.54, 1.807) is 0 Å². The second-order valence-electron chi connectivity index (χ2n) is 4.82. The Balaban J connectivity index is 1.84. The summed E-state index contributed by atoms with van der Waals surface area (Å²) in [4.78, 5) is 4.10. The first-order valence-corrected chi connectivity index (χ1v) is 5.31. The predicted molar refractivity (Wildman–Crippen MR) is 57.9 cm³/mol. The van der Waals surface area contributed by atoms with Gasteiger partial charge in [0.05, 0.1) is 0 Å². The molecular weight excluding hydrogens is 172 g/mol. The van der Waals surface area contributed by atoms with Gasteiger partial charge in [0.1, 0.15) is 0 Å². The van der Waals surface area contributed by atoms with Crippen LogP contribution in [0.5, 0.6) is 0 Å². The number of hydrogen-bond acceptors (Lipinski definition) is 2. The Morgan fingerprint density at radius 2 is 2.43 bits per heavy atom. The Morgan fingerprint density at radius 3 is 2.93 bits per heavy atom. The minimum Gasteiger partial charge on any atom is -0.309 e. The Labute approximate surface area is 85.7 Å². The summed E-state index contributed by atoms with van der Waals surface area (Å²) in [6.07, 6.45) is 6.40. The third kappa shape index (κ3) is 1.95. The summed E-state index contributed by atoms with van der Waals surface area (Å²) in [5.41, 5.74) is 1.76. The molecule has 1 aromatic rings. The van der Waals surface area contributed by atoms with Crippen LogP contribution in [0.1, 0.15) is 32.3 Å². The van der Waals surface area contributed by atoms with Gasteiger partial charge in [0, 0.05) is 25.0 Å². The average molecular weight is 190 g/mol. The van der Waals surface area contributed by atoms with Crippen LogP contribution >= 0.6 is 0 Å². The molecule has 1 N–H and O–H groups in total. The van der Waals surface area contributed by atoms with Crippen LogP contribution in [0.25, 0.3) is 0 Å². The maximum absolute atomic E-state index is 4.10. The maximum atomic E-state index is 4.10. The highest BCUT2D eigenvalue weighted by atomic mass is 14.9. The summed E-state index contributed by atoms with van der Waals surface area (Å²) in [5, 5.41) is 3.59. The van der Waals surface area contributed by atoms with Gasteiger partial charge >= 0.3 is 0 Å². The number of aromatic nitrogens is 1. The molecule has 0 amide bonds. The molecule has 1 aromatic heterocycles. The first-order chi connectivity index (χ1) is 6.68. The second-order valence-corrected chi connectivity index (χ2v) is 4.82. The second kappa shape index (κ2) is 3.70. The van der Waals surface area contributed by atoms with Crippen molar-refractivity contribution in [2.45, 2.75) is 39.3 Å². The monoisotopic (exact) mass is 190 g/mol. The minimum atomic E-state index is 0.488. The van der Waals surface area contributed by atoms with E-state index in [1.165, 1.54) is 18.4 Å². The maximum Gasteiger partial charge on any atom is 0.0312 e. The van der Waals surface area contributed by atoms with Crippen LogP contribution in [-0.2, 0) is 6.54 Å². The van der Waals surface area contributed by atoms with Gasteiger partial charge in [-0.05, 0) is 29.9 Å². The SMILES string of the molecule is CC1(C)CCC1NCc1cccnc1. The van der Waals surface area contributed by atoms with Gasteiger partial charge in [-0.25, -0.2) is 0 Å². The van der Waals surface area contributed by atoms with Crippen molar-refractivity contribution in [1.82, 2.24) is 10.3 Å². The summed E-state index contributed by atoms with van der Waals surface area (Å²) in [5.74, 6) is 0. The Morgan fingerprint density at radius 1 is 1.57 bits per heavy atom. The Hall–Kier alpha value is -0.890. The van der Waals surface area contributed by atoms with Gasteiger partial charge in [-0.1, -0.05) is 19.9 Å². The van der Waals surface area contributed by atoms with Gasteiger partial charge in [0.25, 0.3) is 0 Å². The van der Waals surface area contributed by atoms with Gasteiger partial charge in [-0.2, -0.15) is 0 Å². The molecule has 1 heterocycles. The number of pyridine rings is 1. The first kappa shape index (κ1) is 9.66. The molecule has 2 rings (SSSR count). The zero-order chi connectivity index (χ0) is 10.0.